The standard InChI is InChI=1S/C15H18BrClN4O2/c16-15-9(4-5-13(22)20-18)11(17)7-12-10(15)8-19-21(12)14-3-1-2-6-23-14/h7-8,14H,1-6,18H2,(H,20,22). The van der Waals surface area contributed by atoms with E-state index >= 15 is 0 Å². The number of benzene rings is 1. The first kappa shape index (κ1) is 16.7. The molecule has 2 aromatic rings. The molecular formula is C15H18BrClN4O2. The highest BCUT2D eigenvalue weighted by Gasteiger charge is 2.21. The molecule has 0 spiro atoms. The van der Waals surface area contributed by atoms with E-state index in [9.17, 15) is 4.79 Å². The van der Waals surface area contributed by atoms with Gasteiger partial charge >= 0.3 is 0 Å². The molecule has 1 fully saturated rings. The average Bonchev–Trinajstić information content (AvgIpc) is 2.99. The molecule has 1 aliphatic rings. The van der Waals surface area contributed by atoms with Gasteiger partial charge < -0.3 is 4.74 Å². The van der Waals surface area contributed by atoms with Crippen molar-refractivity contribution in [3.63, 3.8) is 0 Å². The number of amides is 1. The van der Waals surface area contributed by atoms with Crippen molar-refractivity contribution >= 4 is 44.3 Å². The van der Waals surface area contributed by atoms with Gasteiger partial charge in [-0.15, -0.1) is 0 Å². The van der Waals surface area contributed by atoms with Crippen molar-refractivity contribution in [2.75, 3.05) is 6.61 Å². The van der Waals surface area contributed by atoms with E-state index in [4.69, 9.17) is 22.2 Å². The minimum atomic E-state index is -0.223. The molecule has 0 saturated carbocycles. The van der Waals surface area contributed by atoms with Gasteiger partial charge in [0.1, 0.15) is 0 Å². The topological polar surface area (TPSA) is 82.2 Å². The van der Waals surface area contributed by atoms with Gasteiger partial charge in [-0.1, -0.05) is 11.6 Å². The molecule has 23 heavy (non-hydrogen) atoms. The molecule has 3 rings (SSSR count). The molecule has 6 nitrogen and oxygen atoms in total. The lowest BCUT2D eigenvalue weighted by Crippen LogP contribution is -2.30. The van der Waals surface area contributed by atoms with Gasteiger partial charge in [-0.25, -0.2) is 10.5 Å². The summed E-state index contributed by atoms with van der Waals surface area (Å²) in [7, 11) is 0. The second-order valence-electron chi connectivity index (χ2n) is 5.56. The predicted octanol–water partition coefficient (Wildman–Crippen LogP) is 3.07. The summed E-state index contributed by atoms with van der Waals surface area (Å²) in [6.45, 7) is 0.757. The van der Waals surface area contributed by atoms with Crippen LogP contribution in [0.25, 0.3) is 10.9 Å². The molecule has 8 heteroatoms. The van der Waals surface area contributed by atoms with Gasteiger partial charge in [-0.3, -0.25) is 10.2 Å². The molecule has 1 aromatic heterocycles. The summed E-state index contributed by atoms with van der Waals surface area (Å²) in [6.07, 6.45) is 5.72. The quantitative estimate of drug-likeness (QED) is 0.468. The lowest BCUT2D eigenvalue weighted by molar-refractivity contribution is -0.121. The van der Waals surface area contributed by atoms with Crippen molar-refractivity contribution in [1.29, 1.82) is 0 Å². The molecular weight excluding hydrogens is 384 g/mol. The Morgan fingerprint density at radius 2 is 2.39 bits per heavy atom. The fourth-order valence-corrected chi connectivity index (χ4v) is 3.97. The normalized spacial score (nSPS) is 18.3. The van der Waals surface area contributed by atoms with Gasteiger partial charge in [0.15, 0.2) is 6.23 Å². The summed E-state index contributed by atoms with van der Waals surface area (Å²) >= 11 is 10.0. The zero-order valence-electron chi connectivity index (χ0n) is 12.5. The Labute approximate surface area is 147 Å². The molecule has 124 valence electrons. The molecule has 3 N–H and O–H groups in total. The van der Waals surface area contributed by atoms with Crippen molar-refractivity contribution in [3.8, 4) is 0 Å². The minimum Gasteiger partial charge on any atom is -0.356 e. The van der Waals surface area contributed by atoms with Crippen LogP contribution in [0.15, 0.2) is 16.7 Å². The maximum Gasteiger partial charge on any atom is 0.234 e. The third-order valence-corrected chi connectivity index (χ3v) is 5.32. The molecule has 1 aromatic carbocycles. The highest BCUT2D eigenvalue weighted by molar-refractivity contribution is 9.10. The lowest BCUT2D eigenvalue weighted by Gasteiger charge is -2.23. The second kappa shape index (κ2) is 7.17. The van der Waals surface area contributed by atoms with Crippen molar-refractivity contribution in [2.24, 2.45) is 5.84 Å². The number of fused-ring (bicyclic) bond motifs is 1. The number of halogens is 2. The van der Waals surface area contributed by atoms with E-state index in [0.29, 0.717) is 11.4 Å². The molecule has 1 aliphatic heterocycles. The molecule has 0 radical (unpaired) electrons. The van der Waals surface area contributed by atoms with Crippen LogP contribution in [-0.4, -0.2) is 22.3 Å². The summed E-state index contributed by atoms with van der Waals surface area (Å²) in [5.74, 6) is 4.89. The van der Waals surface area contributed by atoms with Gasteiger partial charge in [0.25, 0.3) is 0 Å². The molecule has 1 atom stereocenters. The number of nitrogens with one attached hydrogen (secondary N) is 1. The van der Waals surface area contributed by atoms with Crippen LogP contribution >= 0.6 is 27.5 Å². The summed E-state index contributed by atoms with van der Waals surface area (Å²) in [6, 6.07) is 1.89. The fraction of sp³-hybridized carbons (Fsp3) is 0.467. The van der Waals surface area contributed by atoms with Crippen LogP contribution in [0.4, 0.5) is 0 Å². The lowest BCUT2D eigenvalue weighted by atomic mass is 10.1. The highest BCUT2D eigenvalue weighted by atomic mass is 79.9. The van der Waals surface area contributed by atoms with Gasteiger partial charge in [-0.05, 0) is 53.2 Å². The summed E-state index contributed by atoms with van der Waals surface area (Å²) < 4.78 is 8.57. The SMILES string of the molecule is NNC(=O)CCc1c(Cl)cc2c(cnn2C2CCCCO2)c1Br. The smallest absolute Gasteiger partial charge is 0.234 e. The molecule has 0 bridgehead atoms. The second-order valence-corrected chi connectivity index (χ2v) is 6.76. The third-order valence-electron chi connectivity index (χ3n) is 4.08. The number of nitrogens with two attached hydrogens (primary N) is 1. The first-order valence-electron chi connectivity index (χ1n) is 7.57. The summed E-state index contributed by atoms with van der Waals surface area (Å²) in [5, 5.41) is 6.05. The number of hydrazine groups is 1. The number of nitrogens with zero attached hydrogens (tertiary/aromatic N) is 2. The number of aromatic nitrogens is 2. The molecule has 1 saturated heterocycles. The van der Waals surface area contributed by atoms with E-state index < -0.39 is 0 Å². The first-order chi connectivity index (χ1) is 11.1. The van der Waals surface area contributed by atoms with Crippen molar-refractivity contribution in [3.05, 3.63) is 27.3 Å². The Kier molecular flexibility index (Phi) is 5.21. The van der Waals surface area contributed by atoms with E-state index in [2.05, 4.69) is 26.5 Å². The average molecular weight is 402 g/mol. The van der Waals surface area contributed by atoms with Crippen molar-refractivity contribution in [1.82, 2.24) is 15.2 Å². The number of carbonyl (C=O) groups is 1. The Hall–Kier alpha value is -1.15. The Morgan fingerprint density at radius 3 is 3.09 bits per heavy atom. The van der Waals surface area contributed by atoms with Gasteiger partial charge in [0, 0.05) is 27.9 Å². The fourth-order valence-electron chi connectivity index (χ4n) is 2.85. The summed E-state index contributed by atoms with van der Waals surface area (Å²) in [4.78, 5) is 11.4. The first-order valence-corrected chi connectivity index (χ1v) is 8.74. The molecule has 2 heterocycles. The Bertz CT molecular complexity index is 728. The zero-order chi connectivity index (χ0) is 16.4. The van der Waals surface area contributed by atoms with Crippen LogP contribution in [0.5, 0.6) is 0 Å². The zero-order valence-corrected chi connectivity index (χ0v) is 14.9. The number of ether oxygens (including phenoxy) is 1. The Morgan fingerprint density at radius 1 is 1.57 bits per heavy atom. The molecule has 0 aliphatic carbocycles. The monoisotopic (exact) mass is 400 g/mol. The van der Waals surface area contributed by atoms with E-state index in [1.54, 1.807) is 6.20 Å². The largest absolute Gasteiger partial charge is 0.356 e. The van der Waals surface area contributed by atoms with Gasteiger partial charge in [0.05, 0.1) is 11.7 Å². The van der Waals surface area contributed by atoms with Crippen LogP contribution in [0.2, 0.25) is 5.02 Å². The van der Waals surface area contributed by atoms with Crippen LogP contribution in [-0.2, 0) is 16.0 Å². The maximum absolute atomic E-state index is 11.4. The minimum absolute atomic E-state index is 0.0434. The van der Waals surface area contributed by atoms with Gasteiger partial charge in [-0.2, -0.15) is 5.10 Å². The number of carbonyl (C=O) groups excluding carboxylic acids is 1. The summed E-state index contributed by atoms with van der Waals surface area (Å²) in [5.41, 5.74) is 3.94. The van der Waals surface area contributed by atoms with Crippen LogP contribution in [0.1, 0.15) is 37.5 Å². The maximum atomic E-state index is 11.4. The number of hydrogen-bond acceptors (Lipinski definition) is 4. The third kappa shape index (κ3) is 3.38. The van der Waals surface area contributed by atoms with Gasteiger partial charge in [0.2, 0.25) is 5.91 Å². The van der Waals surface area contributed by atoms with E-state index in [1.165, 1.54) is 0 Å². The highest BCUT2D eigenvalue weighted by Crippen LogP contribution is 2.36. The van der Waals surface area contributed by atoms with E-state index in [0.717, 1.165) is 46.8 Å². The molecule has 1 amide bonds. The van der Waals surface area contributed by atoms with E-state index in [-0.39, 0.29) is 18.6 Å². The number of hydrogen-bond donors (Lipinski definition) is 2. The van der Waals surface area contributed by atoms with E-state index in [1.807, 2.05) is 10.7 Å². The van der Waals surface area contributed by atoms with Crippen LogP contribution in [0.3, 0.4) is 0 Å². The Balaban J connectivity index is 1.95. The number of rotatable bonds is 4. The van der Waals surface area contributed by atoms with Crippen molar-refractivity contribution < 1.29 is 9.53 Å². The van der Waals surface area contributed by atoms with Crippen LogP contribution < -0.4 is 11.3 Å². The van der Waals surface area contributed by atoms with Crippen LogP contribution in [0, 0.1) is 0 Å². The van der Waals surface area contributed by atoms with Crippen molar-refractivity contribution in [2.45, 2.75) is 38.3 Å². The molecule has 1 unspecified atom stereocenters. The predicted molar refractivity (Wildman–Crippen MR) is 91.9 cm³/mol.